The summed E-state index contributed by atoms with van der Waals surface area (Å²) >= 11 is 0. The number of nitrogens with two attached hydrogens (primary N) is 1. The number of carbonyl (C=O) groups excluding carboxylic acids is 1. The normalized spacial score (nSPS) is 9.38. The van der Waals surface area contributed by atoms with Gasteiger partial charge in [-0.2, -0.15) is 0 Å². The molecule has 0 aliphatic heterocycles. The quantitative estimate of drug-likeness (QED) is 0.822. The Bertz CT molecular complexity index is 320. The van der Waals surface area contributed by atoms with Crippen molar-refractivity contribution in [2.75, 3.05) is 18.8 Å². The van der Waals surface area contributed by atoms with E-state index in [1.807, 2.05) is 43.0 Å². The number of amides is 1. The van der Waals surface area contributed by atoms with Crippen LogP contribution in [0.3, 0.4) is 0 Å². The van der Waals surface area contributed by atoms with Gasteiger partial charge in [-0.3, -0.25) is 4.79 Å². The summed E-state index contributed by atoms with van der Waals surface area (Å²) < 4.78 is 0. The van der Waals surface area contributed by atoms with E-state index in [2.05, 4.69) is 0 Å². The van der Waals surface area contributed by atoms with Crippen molar-refractivity contribution < 1.29 is 4.79 Å². The van der Waals surface area contributed by atoms with Crippen LogP contribution in [-0.2, 0) is 11.2 Å². The molecule has 0 unspecified atom stereocenters. The van der Waals surface area contributed by atoms with Crippen LogP contribution in [0.15, 0.2) is 24.3 Å². The third-order valence-corrected chi connectivity index (χ3v) is 2.45. The minimum atomic E-state index is 0. The average molecular weight is 243 g/mol. The Labute approximate surface area is 103 Å². The van der Waals surface area contributed by atoms with Gasteiger partial charge < -0.3 is 10.6 Å². The fraction of sp³-hybridized carbons (Fsp3) is 0.417. The second-order valence-corrected chi connectivity index (χ2v) is 3.48. The fourth-order valence-electron chi connectivity index (χ4n) is 1.50. The third-order valence-electron chi connectivity index (χ3n) is 2.45. The molecule has 0 saturated carbocycles. The number of nitrogens with zero attached hydrogens (tertiary/aromatic N) is 1. The van der Waals surface area contributed by atoms with E-state index < -0.39 is 0 Å². The fourth-order valence-corrected chi connectivity index (χ4v) is 1.50. The van der Waals surface area contributed by atoms with E-state index in [1.54, 1.807) is 0 Å². The molecule has 0 bridgehead atoms. The highest BCUT2D eigenvalue weighted by atomic mass is 35.5. The van der Waals surface area contributed by atoms with Crippen LogP contribution in [0, 0.1) is 0 Å². The van der Waals surface area contributed by atoms with Gasteiger partial charge in [0, 0.05) is 18.8 Å². The van der Waals surface area contributed by atoms with Gasteiger partial charge in [0.05, 0.1) is 6.42 Å². The molecule has 0 radical (unpaired) electrons. The van der Waals surface area contributed by atoms with Gasteiger partial charge in [-0.15, -0.1) is 12.4 Å². The van der Waals surface area contributed by atoms with Crippen molar-refractivity contribution in [1.82, 2.24) is 4.90 Å². The van der Waals surface area contributed by atoms with Gasteiger partial charge >= 0.3 is 0 Å². The Balaban J connectivity index is 0.00000225. The van der Waals surface area contributed by atoms with Crippen LogP contribution in [0.5, 0.6) is 0 Å². The van der Waals surface area contributed by atoms with Crippen molar-refractivity contribution in [3.63, 3.8) is 0 Å². The molecule has 16 heavy (non-hydrogen) atoms. The van der Waals surface area contributed by atoms with Crippen molar-refractivity contribution >= 4 is 24.0 Å². The smallest absolute Gasteiger partial charge is 0.226 e. The van der Waals surface area contributed by atoms with Crippen LogP contribution in [0.4, 0.5) is 5.69 Å². The molecule has 2 N–H and O–H groups in total. The van der Waals surface area contributed by atoms with Crippen LogP contribution in [0.1, 0.15) is 19.4 Å². The summed E-state index contributed by atoms with van der Waals surface area (Å²) in [5, 5.41) is 0. The topological polar surface area (TPSA) is 46.3 Å². The predicted octanol–water partition coefficient (Wildman–Crippen LogP) is 2.10. The Morgan fingerprint density at radius 3 is 2.12 bits per heavy atom. The van der Waals surface area contributed by atoms with E-state index in [-0.39, 0.29) is 18.3 Å². The number of likely N-dealkylation sites (N-methyl/N-ethyl adjacent to an activating group) is 1. The maximum atomic E-state index is 11.8. The lowest BCUT2D eigenvalue weighted by atomic mass is 10.1. The molecule has 0 aliphatic rings. The van der Waals surface area contributed by atoms with E-state index in [0.717, 1.165) is 24.3 Å². The molecular weight excluding hydrogens is 224 g/mol. The molecule has 1 amide bonds. The first kappa shape index (κ1) is 14.8. The lowest BCUT2D eigenvalue weighted by molar-refractivity contribution is -0.130. The molecule has 90 valence electrons. The Hall–Kier alpha value is -1.22. The minimum Gasteiger partial charge on any atom is -0.399 e. The maximum Gasteiger partial charge on any atom is 0.226 e. The number of carbonyl (C=O) groups is 1. The first-order chi connectivity index (χ1) is 7.17. The summed E-state index contributed by atoms with van der Waals surface area (Å²) in [5.41, 5.74) is 7.32. The molecule has 4 heteroatoms. The van der Waals surface area contributed by atoms with Crippen LogP contribution in [0.25, 0.3) is 0 Å². The summed E-state index contributed by atoms with van der Waals surface area (Å²) in [4.78, 5) is 13.6. The zero-order chi connectivity index (χ0) is 11.3. The second-order valence-electron chi connectivity index (χ2n) is 3.48. The molecule has 3 nitrogen and oxygen atoms in total. The lowest BCUT2D eigenvalue weighted by Crippen LogP contribution is -2.31. The van der Waals surface area contributed by atoms with E-state index >= 15 is 0 Å². The van der Waals surface area contributed by atoms with Gasteiger partial charge in [-0.1, -0.05) is 12.1 Å². The van der Waals surface area contributed by atoms with E-state index in [0.29, 0.717) is 6.42 Å². The Morgan fingerprint density at radius 1 is 1.19 bits per heavy atom. The average Bonchev–Trinajstić information content (AvgIpc) is 2.23. The van der Waals surface area contributed by atoms with Crippen molar-refractivity contribution in [3.8, 4) is 0 Å². The van der Waals surface area contributed by atoms with Gasteiger partial charge in [0.15, 0.2) is 0 Å². The van der Waals surface area contributed by atoms with Crippen molar-refractivity contribution in [2.45, 2.75) is 20.3 Å². The van der Waals surface area contributed by atoms with Crippen LogP contribution >= 0.6 is 12.4 Å². The maximum absolute atomic E-state index is 11.8. The number of hydrogen-bond donors (Lipinski definition) is 1. The highest BCUT2D eigenvalue weighted by molar-refractivity contribution is 5.85. The number of benzene rings is 1. The standard InChI is InChI=1S/C12H18N2O.ClH/c1-3-14(4-2)12(15)9-10-5-7-11(13)8-6-10;/h5-8H,3-4,9,13H2,1-2H3;1H. The van der Waals surface area contributed by atoms with E-state index in [1.165, 1.54) is 0 Å². The Morgan fingerprint density at radius 2 is 1.69 bits per heavy atom. The highest BCUT2D eigenvalue weighted by Gasteiger charge is 2.09. The van der Waals surface area contributed by atoms with Gasteiger partial charge in [-0.05, 0) is 31.5 Å². The number of nitrogen functional groups attached to an aromatic ring is 1. The largest absolute Gasteiger partial charge is 0.399 e. The van der Waals surface area contributed by atoms with Crippen molar-refractivity contribution in [3.05, 3.63) is 29.8 Å². The molecule has 1 aromatic carbocycles. The van der Waals surface area contributed by atoms with Crippen molar-refractivity contribution in [2.24, 2.45) is 0 Å². The molecule has 0 atom stereocenters. The molecule has 0 saturated heterocycles. The number of rotatable bonds is 4. The second kappa shape index (κ2) is 7.12. The van der Waals surface area contributed by atoms with Gasteiger partial charge in [0.1, 0.15) is 0 Å². The van der Waals surface area contributed by atoms with Crippen LogP contribution in [-0.4, -0.2) is 23.9 Å². The first-order valence-electron chi connectivity index (χ1n) is 5.29. The van der Waals surface area contributed by atoms with Gasteiger partial charge in [0.2, 0.25) is 5.91 Å². The van der Waals surface area contributed by atoms with E-state index in [4.69, 9.17) is 5.73 Å². The summed E-state index contributed by atoms with van der Waals surface area (Å²) in [5.74, 6) is 0.171. The van der Waals surface area contributed by atoms with Gasteiger partial charge in [-0.25, -0.2) is 0 Å². The Kier molecular flexibility index (Phi) is 6.58. The predicted molar refractivity (Wildman–Crippen MR) is 69.7 cm³/mol. The molecule has 1 rings (SSSR count). The number of halogens is 1. The summed E-state index contributed by atoms with van der Waals surface area (Å²) in [6, 6.07) is 7.45. The molecular formula is C12H19ClN2O. The zero-order valence-corrected chi connectivity index (χ0v) is 10.6. The van der Waals surface area contributed by atoms with Crippen LogP contribution in [0.2, 0.25) is 0 Å². The first-order valence-corrected chi connectivity index (χ1v) is 5.29. The molecule has 0 fully saturated rings. The monoisotopic (exact) mass is 242 g/mol. The van der Waals surface area contributed by atoms with Crippen LogP contribution < -0.4 is 5.73 Å². The number of hydrogen-bond acceptors (Lipinski definition) is 2. The molecule has 1 aromatic rings. The molecule has 0 aliphatic carbocycles. The lowest BCUT2D eigenvalue weighted by Gasteiger charge is -2.18. The zero-order valence-electron chi connectivity index (χ0n) is 9.77. The summed E-state index contributed by atoms with van der Waals surface area (Å²) in [6.07, 6.45) is 0.460. The molecule has 0 heterocycles. The van der Waals surface area contributed by atoms with Crippen molar-refractivity contribution in [1.29, 1.82) is 0 Å². The molecule has 0 aromatic heterocycles. The molecule has 0 spiro atoms. The number of anilines is 1. The summed E-state index contributed by atoms with van der Waals surface area (Å²) in [6.45, 7) is 5.52. The highest BCUT2D eigenvalue weighted by Crippen LogP contribution is 2.07. The minimum absolute atomic E-state index is 0. The summed E-state index contributed by atoms with van der Waals surface area (Å²) in [7, 11) is 0. The van der Waals surface area contributed by atoms with E-state index in [9.17, 15) is 4.79 Å². The third kappa shape index (κ3) is 4.11. The SMILES string of the molecule is CCN(CC)C(=O)Cc1ccc(N)cc1.Cl. The van der Waals surface area contributed by atoms with Gasteiger partial charge in [0.25, 0.3) is 0 Å².